The Morgan fingerprint density at radius 3 is 2.83 bits per heavy atom. The summed E-state index contributed by atoms with van der Waals surface area (Å²) >= 11 is 1.87. The zero-order valence-corrected chi connectivity index (χ0v) is 8.48. The zero-order chi connectivity index (χ0) is 8.81. The minimum atomic E-state index is -0.0439. The Hall–Kier alpha value is 0.270. The summed E-state index contributed by atoms with van der Waals surface area (Å²) in [5, 5.41) is 9.49. The van der Waals surface area contributed by atoms with E-state index >= 15 is 0 Å². The fraction of sp³-hybridized carbons (Fsp3) is 1.00. The van der Waals surface area contributed by atoms with Crippen LogP contribution in [-0.4, -0.2) is 36.4 Å². The predicted octanol–water partition coefficient (Wildman–Crippen LogP) is 1.53. The van der Waals surface area contributed by atoms with E-state index < -0.39 is 0 Å². The highest BCUT2D eigenvalue weighted by molar-refractivity contribution is 7.99. The second-order valence-electron chi connectivity index (χ2n) is 3.35. The second-order valence-corrected chi connectivity index (χ2v) is 4.43. The van der Waals surface area contributed by atoms with Crippen LogP contribution in [0.15, 0.2) is 0 Å². The third kappa shape index (κ3) is 3.33. The summed E-state index contributed by atoms with van der Waals surface area (Å²) in [5.41, 5.74) is 0. The number of hydrogen-bond acceptors (Lipinski definition) is 3. The van der Waals surface area contributed by atoms with E-state index in [2.05, 4.69) is 0 Å². The van der Waals surface area contributed by atoms with Gasteiger partial charge in [0.15, 0.2) is 0 Å². The number of methoxy groups -OCH3 is 1. The highest BCUT2D eigenvalue weighted by Crippen LogP contribution is 2.27. The molecule has 1 aliphatic rings. The lowest BCUT2D eigenvalue weighted by Crippen LogP contribution is -2.17. The molecule has 0 aromatic heterocycles. The van der Waals surface area contributed by atoms with Crippen molar-refractivity contribution in [2.45, 2.75) is 25.4 Å². The van der Waals surface area contributed by atoms with Gasteiger partial charge in [0.2, 0.25) is 0 Å². The van der Waals surface area contributed by atoms with Gasteiger partial charge in [-0.2, -0.15) is 11.8 Å². The molecule has 1 heterocycles. The molecule has 1 rings (SSSR count). The topological polar surface area (TPSA) is 29.5 Å². The minimum absolute atomic E-state index is 0.0439. The lowest BCUT2D eigenvalue weighted by atomic mass is 9.99. The maximum absolute atomic E-state index is 9.49. The Morgan fingerprint density at radius 1 is 1.42 bits per heavy atom. The van der Waals surface area contributed by atoms with Crippen LogP contribution in [0.2, 0.25) is 0 Å². The molecule has 2 atom stereocenters. The van der Waals surface area contributed by atoms with Gasteiger partial charge in [-0.1, -0.05) is 6.42 Å². The smallest absolute Gasteiger partial charge is 0.0666 e. The molecule has 2 unspecified atom stereocenters. The van der Waals surface area contributed by atoms with Crippen LogP contribution in [0.1, 0.15) is 19.3 Å². The predicted molar refractivity (Wildman–Crippen MR) is 52.5 cm³/mol. The molecule has 0 aromatic carbocycles. The van der Waals surface area contributed by atoms with Gasteiger partial charge in [-0.15, -0.1) is 0 Å². The van der Waals surface area contributed by atoms with Gasteiger partial charge in [-0.05, 0) is 24.5 Å². The molecule has 1 saturated heterocycles. The van der Waals surface area contributed by atoms with E-state index in [0.717, 1.165) is 31.0 Å². The number of aliphatic hydroxyl groups is 1. The van der Waals surface area contributed by atoms with Crippen molar-refractivity contribution in [1.29, 1.82) is 0 Å². The summed E-state index contributed by atoms with van der Waals surface area (Å²) in [4.78, 5) is 0. The minimum Gasteiger partial charge on any atom is -0.392 e. The molecular weight excluding hydrogens is 172 g/mol. The van der Waals surface area contributed by atoms with Crippen LogP contribution in [0.5, 0.6) is 0 Å². The molecule has 0 saturated carbocycles. The fourth-order valence-corrected chi connectivity index (χ4v) is 2.86. The van der Waals surface area contributed by atoms with Gasteiger partial charge in [0, 0.05) is 19.5 Å². The Kier molecular flexibility index (Phi) is 5.04. The second kappa shape index (κ2) is 5.84. The van der Waals surface area contributed by atoms with E-state index in [1.165, 1.54) is 6.42 Å². The average Bonchev–Trinajstić information content (AvgIpc) is 2.46. The standard InChI is InChI=1S/C9H18O2S/c1-11-5-3-2-4-8-6-12-7-9(8)10/h8-10H,2-7H2,1H3. The van der Waals surface area contributed by atoms with Crippen LogP contribution in [-0.2, 0) is 4.74 Å². The largest absolute Gasteiger partial charge is 0.392 e. The normalized spacial score (nSPS) is 29.5. The maximum atomic E-state index is 9.49. The Balaban J connectivity index is 1.98. The molecule has 72 valence electrons. The third-order valence-electron chi connectivity index (χ3n) is 2.34. The summed E-state index contributed by atoms with van der Waals surface area (Å²) in [6, 6.07) is 0. The van der Waals surface area contributed by atoms with Crippen molar-refractivity contribution < 1.29 is 9.84 Å². The molecule has 3 heteroatoms. The highest BCUT2D eigenvalue weighted by atomic mass is 32.2. The summed E-state index contributed by atoms with van der Waals surface area (Å²) in [5.74, 6) is 2.63. The molecule has 0 aliphatic carbocycles. The number of aliphatic hydroxyl groups excluding tert-OH is 1. The van der Waals surface area contributed by atoms with Crippen molar-refractivity contribution in [3.8, 4) is 0 Å². The molecule has 1 fully saturated rings. The molecule has 12 heavy (non-hydrogen) atoms. The molecule has 0 bridgehead atoms. The number of rotatable bonds is 5. The quantitative estimate of drug-likeness (QED) is 0.667. The molecular formula is C9H18O2S. The van der Waals surface area contributed by atoms with Crippen LogP contribution in [0.25, 0.3) is 0 Å². The van der Waals surface area contributed by atoms with E-state index in [-0.39, 0.29) is 6.10 Å². The lowest BCUT2D eigenvalue weighted by molar-refractivity contribution is 0.138. The maximum Gasteiger partial charge on any atom is 0.0666 e. The van der Waals surface area contributed by atoms with Crippen molar-refractivity contribution in [2.75, 3.05) is 25.2 Å². The molecule has 1 N–H and O–H groups in total. The summed E-state index contributed by atoms with van der Waals surface area (Å²) in [6.45, 7) is 0.857. The van der Waals surface area contributed by atoms with E-state index in [1.54, 1.807) is 7.11 Å². The van der Waals surface area contributed by atoms with Crippen LogP contribution in [0, 0.1) is 5.92 Å². The number of ether oxygens (including phenoxy) is 1. The van der Waals surface area contributed by atoms with Gasteiger partial charge in [-0.3, -0.25) is 0 Å². The van der Waals surface area contributed by atoms with Crippen LogP contribution in [0.3, 0.4) is 0 Å². The number of unbranched alkanes of at least 4 members (excludes halogenated alkanes) is 1. The van der Waals surface area contributed by atoms with Crippen molar-refractivity contribution >= 4 is 11.8 Å². The SMILES string of the molecule is COCCCCC1CSCC1O. The first-order valence-electron chi connectivity index (χ1n) is 4.59. The van der Waals surface area contributed by atoms with Gasteiger partial charge in [-0.25, -0.2) is 0 Å². The van der Waals surface area contributed by atoms with Crippen LogP contribution < -0.4 is 0 Å². The van der Waals surface area contributed by atoms with Crippen molar-refractivity contribution in [3.63, 3.8) is 0 Å². The van der Waals surface area contributed by atoms with E-state index in [1.807, 2.05) is 11.8 Å². The van der Waals surface area contributed by atoms with Gasteiger partial charge in [0.25, 0.3) is 0 Å². The molecule has 2 nitrogen and oxygen atoms in total. The Morgan fingerprint density at radius 2 is 2.25 bits per heavy atom. The number of thioether (sulfide) groups is 1. The summed E-state index contributed by atoms with van der Waals surface area (Å²) in [6.07, 6.45) is 3.44. The van der Waals surface area contributed by atoms with Gasteiger partial charge >= 0.3 is 0 Å². The Bertz CT molecular complexity index is 119. The van der Waals surface area contributed by atoms with E-state index in [9.17, 15) is 5.11 Å². The molecule has 0 aromatic rings. The molecule has 0 spiro atoms. The van der Waals surface area contributed by atoms with E-state index in [0.29, 0.717) is 5.92 Å². The molecule has 0 radical (unpaired) electrons. The van der Waals surface area contributed by atoms with Crippen molar-refractivity contribution in [3.05, 3.63) is 0 Å². The van der Waals surface area contributed by atoms with Gasteiger partial charge in [0.05, 0.1) is 6.10 Å². The number of hydrogen-bond donors (Lipinski definition) is 1. The first-order valence-corrected chi connectivity index (χ1v) is 5.75. The molecule has 1 aliphatic heterocycles. The zero-order valence-electron chi connectivity index (χ0n) is 7.66. The van der Waals surface area contributed by atoms with E-state index in [4.69, 9.17) is 4.74 Å². The Labute approximate surface area is 78.7 Å². The average molecular weight is 190 g/mol. The summed E-state index contributed by atoms with van der Waals surface area (Å²) < 4.78 is 4.97. The fourth-order valence-electron chi connectivity index (χ4n) is 1.52. The lowest BCUT2D eigenvalue weighted by Gasteiger charge is -2.12. The highest BCUT2D eigenvalue weighted by Gasteiger charge is 2.24. The first kappa shape index (κ1) is 10.4. The van der Waals surface area contributed by atoms with Gasteiger partial charge < -0.3 is 9.84 Å². The van der Waals surface area contributed by atoms with Crippen molar-refractivity contribution in [1.82, 2.24) is 0 Å². The van der Waals surface area contributed by atoms with Crippen LogP contribution >= 0.6 is 11.8 Å². The summed E-state index contributed by atoms with van der Waals surface area (Å²) in [7, 11) is 1.74. The van der Waals surface area contributed by atoms with Gasteiger partial charge in [0.1, 0.15) is 0 Å². The third-order valence-corrected chi connectivity index (χ3v) is 3.58. The van der Waals surface area contributed by atoms with Crippen molar-refractivity contribution in [2.24, 2.45) is 5.92 Å². The molecule has 0 amide bonds. The van der Waals surface area contributed by atoms with Crippen LogP contribution in [0.4, 0.5) is 0 Å². The first-order chi connectivity index (χ1) is 5.84. The monoisotopic (exact) mass is 190 g/mol.